The molecule has 24 heavy (non-hydrogen) atoms. The van der Waals surface area contributed by atoms with Crippen LogP contribution in [0.5, 0.6) is 0 Å². The van der Waals surface area contributed by atoms with Gasteiger partial charge in [-0.05, 0) is 19.1 Å². The second-order valence-electron chi connectivity index (χ2n) is 6.37. The average molecular weight is 347 g/mol. The Morgan fingerprint density at radius 2 is 2.17 bits per heavy atom. The number of thiophene rings is 1. The van der Waals surface area contributed by atoms with Gasteiger partial charge in [-0.15, -0.1) is 11.3 Å². The van der Waals surface area contributed by atoms with E-state index in [2.05, 4.69) is 15.6 Å². The number of hydrogen-bond acceptors (Lipinski definition) is 7. The van der Waals surface area contributed by atoms with Gasteiger partial charge in [-0.25, -0.2) is 4.98 Å². The summed E-state index contributed by atoms with van der Waals surface area (Å²) in [6.45, 7) is 7.58. The van der Waals surface area contributed by atoms with E-state index in [-0.39, 0.29) is 12.0 Å². The van der Waals surface area contributed by atoms with Gasteiger partial charge in [-0.2, -0.15) is 0 Å². The number of fused-ring (bicyclic) bond motifs is 1. The standard InChI is InChI=1S/C17H25N5OS/c1-4-20-15-8-12(21-9-17(2,3)10-23)16-13(22-15)7-14(24-16)11(19)5-6-18/h5-8,18,23H,4,9-10,19H2,1-3H3,(H2,20,21,22)/b11-5-,18-6?. The number of aromatic nitrogens is 1. The Morgan fingerprint density at radius 3 is 2.79 bits per heavy atom. The fraction of sp³-hybridized carbons (Fsp3) is 0.412. The lowest BCUT2D eigenvalue weighted by atomic mass is 9.95. The maximum atomic E-state index is 9.45. The van der Waals surface area contributed by atoms with E-state index in [4.69, 9.17) is 11.1 Å². The average Bonchev–Trinajstić information content (AvgIpc) is 2.97. The Morgan fingerprint density at radius 1 is 1.42 bits per heavy atom. The van der Waals surface area contributed by atoms with Crippen molar-refractivity contribution in [2.24, 2.45) is 11.1 Å². The molecule has 2 rings (SSSR count). The molecule has 0 atom stereocenters. The van der Waals surface area contributed by atoms with E-state index in [0.29, 0.717) is 12.2 Å². The molecule has 7 heteroatoms. The van der Waals surface area contributed by atoms with Gasteiger partial charge in [0.05, 0.1) is 26.5 Å². The highest BCUT2D eigenvalue weighted by Gasteiger charge is 2.18. The number of rotatable bonds is 8. The second kappa shape index (κ2) is 7.63. The third-order valence-electron chi connectivity index (χ3n) is 3.57. The van der Waals surface area contributed by atoms with Crippen LogP contribution in [0, 0.1) is 10.8 Å². The molecule has 0 fully saturated rings. The van der Waals surface area contributed by atoms with Crippen LogP contribution >= 0.6 is 11.3 Å². The molecule has 2 heterocycles. The number of allylic oxidation sites excluding steroid dienone is 1. The lowest BCUT2D eigenvalue weighted by molar-refractivity contribution is 0.171. The predicted molar refractivity (Wildman–Crippen MR) is 104 cm³/mol. The molecule has 0 aliphatic carbocycles. The monoisotopic (exact) mass is 347 g/mol. The maximum Gasteiger partial charge on any atom is 0.128 e. The summed E-state index contributed by atoms with van der Waals surface area (Å²) in [7, 11) is 0. The van der Waals surface area contributed by atoms with Gasteiger partial charge >= 0.3 is 0 Å². The van der Waals surface area contributed by atoms with E-state index < -0.39 is 0 Å². The van der Waals surface area contributed by atoms with Crippen LogP contribution in [-0.2, 0) is 0 Å². The molecule has 0 bridgehead atoms. The molecule has 6 N–H and O–H groups in total. The summed E-state index contributed by atoms with van der Waals surface area (Å²) in [6.07, 6.45) is 2.75. The van der Waals surface area contributed by atoms with Crippen molar-refractivity contribution in [1.29, 1.82) is 5.41 Å². The lowest BCUT2D eigenvalue weighted by Gasteiger charge is -2.23. The summed E-state index contributed by atoms with van der Waals surface area (Å²) in [6, 6.07) is 3.93. The van der Waals surface area contributed by atoms with E-state index in [1.807, 2.05) is 32.9 Å². The first-order chi connectivity index (χ1) is 11.4. The summed E-state index contributed by atoms with van der Waals surface area (Å²) in [5.74, 6) is 0.799. The van der Waals surface area contributed by atoms with Crippen LogP contribution in [0.4, 0.5) is 11.5 Å². The van der Waals surface area contributed by atoms with Crippen LogP contribution in [0.15, 0.2) is 18.2 Å². The summed E-state index contributed by atoms with van der Waals surface area (Å²) in [4.78, 5) is 5.51. The topological polar surface area (TPSA) is 107 Å². The van der Waals surface area contributed by atoms with Gasteiger partial charge in [0.2, 0.25) is 0 Å². The highest BCUT2D eigenvalue weighted by atomic mass is 32.1. The van der Waals surface area contributed by atoms with Gasteiger partial charge < -0.3 is 26.9 Å². The largest absolute Gasteiger partial charge is 0.398 e. The van der Waals surface area contributed by atoms with Gasteiger partial charge in [-0.1, -0.05) is 13.8 Å². The van der Waals surface area contributed by atoms with Crippen LogP contribution in [0.25, 0.3) is 15.9 Å². The number of pyridine rings is 1. The minimum Gasteiger partial charge on any atom is -0.398 e. The maximum absolute atomic E-state index is 9.45. The molecule has 0 spiro atoms. The van der Waals surface area contributed by atoms with Crippen LogP contribution in [0.3, 0.4) is 0 Å². The highest BCUT2D eigenvalue weighted by Crippen LogP contribution is 2.35. The first kappa shape index (κ1) is 18.2. The fourth-order valence-corrected chi connectivity index (χ4v) is 3.16. The number of nitrogens with zero attached hydrogens (tertiary/aromatic N) is 1. The molecule has 0 saturated heterocycles. The molecule has 0 aliphatic rings. The number of aliphatic hydroxyl groups excluding tert-OH is 1. The Kier molecular flexibility index (Phi) is 5.80. The molecule has 2 aromatic rings. The third kappa shape index (κ3) is 4.24. The van der Waals surface area contributed by atoms with Crippen molar-refractivity contribution >= 4 is 45.0 Å². The zero-order valence-electron chi connectivity index (χ0n) is 14.3. The van der Waals surface area contributed by atoms with E-state index in [9.17, 15) is 5.11 Å². The quantitative estimate of drug-likeness (QED) is 0.472. The van der Waals surface area contributed by atoms with E-state index in [0.717, 1.165) is 33.1 Å². The van der Waals surface area contributed by atoms with Crippen molar-refractivity contribution in [1.82, 2.24) is 4.98 Å². The molecule has 0 unspecified atom stereocenters. The zero-order valence-corrected chi connectivity index (χ0v) is 15.1. The van der Waals surface area contributed by atoms with E-state index in [1.54, 1.807) is 17.4 Å². The van der Waals surface area contributed by atoms with Crippen molar-refractivity contribution in [3.63, 3.8) is 0 Å². The molecule has 0 saturated carbocycles. The minimum absolute atomic E-state index is 0.110. The number of hydrogen-bond donors (Lipinski definition) is 5. The van der Waals surface area contributed by atoms with E-state index in [1.165, 1.54) is 6.21 Å². The molecule has 6 nitrogen and oxygen atoms in total. The molecule has 0 amide bonds. The lowest BCUT2D eigenvalue weighted by Crippen LogP contribution is -2.26. The Balaban J connectivity index is 2.45. The van der Waals surface area contributed by atoms with Crippen LogP contribution in [0.2, 0.25) is 0 Å². The number of nitrogens with one attached hydrogen (secondary N) is 3. The summed E-state index contributed by atoms with van der Waals surface area (Å²) >= 11 is 1.55. The van der Waals surface area contributed by atoms with Crippen molar-refractivity contribution in [2.45, 2.75) is 20.8 Å². The second-order valence-corrected chi connectivity index (χ2v) is 7.43. The van der Waals surface area contributed by atoms with Gasteiger partial charge in [0.1, 0.15) is 5.82 Å². The molecule has 0 radical (unpaired) electrons. The van der Waals surface area contributed by atoms with Gasteiger partial charge in [0, 0.05) is 37.4 Å². The van der Waals surface area contributed by atoms with Crippen LogP contribution in [-0.4, -0.2) is 36.0 Å². The first-order valence-corrected chi connectivity index (χ1v) is 8.71. The third-order valence-corrected chi connectivity index (χ3v) is 4.78. The summed E-state index contributed by atoms with van der Waals surface area (Å²) < 4.78 is 1.02. The number of anilines is 2. The van der Waals surface area contributed by atoms with Gasteiger partial charge in [0.25, 0.3) is 0 Å². The van der Waals surface area contributed by atoms with Crippen molar-refractivity contribution in [2.75, 3.05) is 30.3 Å². The Hall–Kier alpha value is -2.12. The predicted octanol–water partition coefficient (Wildman–Crippen LogP) is 3.11. The minimum atomic E-state index is -0.215. The molecular weight excluding hydrogens is 322 g/mol. The summed E-state index contributed by atoms with van der Waals surface area (Å²) in [5.41, 5.74) is 8.17. The van der Waals surface area contributed by atoms with Crippen molar-refractivity contribution < 1.29 is 5.11 Å². The smallest absolute Gasteiger partial charge is 0.128 e. The number of nitrogens with two attached hydrogens (primary N) is 1. The molecular formula is C17H25N5OS. The van der Waals surface area contributed by atoms with Crippen LogP contribution in [0.1, 0.15) is 25.6 Å². The van der Waals surface area contributed by atoms with Gasteiger partial charge in [0.15, 0.2) is 0 Å². The zero-order chi connectivity index (χ0) is 17.7. The Labute approximate surface area is 146 Å². The molecule has 2 aromatic heterocycles. The normalized spacial score (nSPS) is 12.4. The molecule has 130 valence electrons. The summed E-state index contributed by atoms with van der Waals surface area (Å²) in [5, 5.41) is 23.3. The van der Waals surface area contributed by atoms with Crippen LogP contribution < -0.4 is 16.4 Å². The molecule has 0 aromatic carbocycles. The number of aliphatic hydroxyl groups is 1. The fourth-order valence-electron chi connectivity index (χ4n) is 2.13. The highest BCUT2D eigenvalue weighted by molar-refractivity contribution is 7.20. The van der Waals surface area contributed by atoms with E-state index >= 15 is 0 Å². The van der Waals surface area contributed by atoms with Crippen molar-refractivity contribution in [3.05, 3.63) is 23.1 Å². The first-order valence-electron chi connectivity index (χ1n) is 7.90. The Bertz CT molecular complexity index is 751. The van der Waals surface area contributed by atoms with Gasteiger partial charge in [-0.3, -0.25) is 0 Å². The molecule has 0 aliphatic heterocycles. The SMILES string of the molecule is CCNc1cc(NCC(C)(C)CO)c2sc(/C(N)=C/C=N)cc2n1. The van der Waals surface area contributed by atoms with Crippen molar-refractivity contribution in [3.8, 4) is 0 Å².